The lowest BCUT2D eigenvalue weighted by molar-refractivity contribution is -0.124. The average molecular weight is 230 g/mol. The Morgan fingerprint density at radius 1 is 1.35 bits per heavy atom. The third kappa shape index (κ3) is 3.35. The molecule has 4 heteroatoms. The first-order chi connectivity index (χ1) is 8.08. The SMILES string of the molecule is COc1ccc(/C=C(\C#N)C(=O)N(C)C)cc1. The lowest BCUT2D eigenvalue weighted by Crippen LogP contribution is -2.22. The van der Waals surface area contributed by atoms with E-state index in [1.165, 1.54) is 4.90 Å². The second kappa shape index (κ2) is 5.71. The molecule has 0 radical (unpaired) electrons. The molecular weight excluding hydrogens is 216 g/mol. The summed E-state index contributed by atoms with van der Waals surface area (Å²) in [6.45, 7) is 0. The molecule has 0 bridgehead atoms. The molecule has 0 heterocycles. The molecule has 0 unspecified atom stereocenters. The Balaban J connectivity index is 2.99. The van der Waals surface area contributed by atoms with Gasteiger partial charge in [0.05, 0.1) is 7.11 Å². The van der Waals surface area contributed by atoms with Gasteiger partial charge in [-0.2, -0.15) is 5.26 Å². The lowest BCUT2D eigenvalue weighted by Gasteiger charge is -2.08. The average Bonchev–Trinajstić information content (AvgIpc) is 2.35. The van der Waals surface area contributed by atoms with E-state index in [2.05, 4.69) is 0 Å². The Kier molecular flexibility index (Phi) is 4.29. The predicted octanol–water partition coefficient (Wildman–Crippen LogP) is 1.69. The van der Waals surface area contributed by atoms with Gasteiger partial charge in [0.15, 0.2) is 0 Å². The van der Waals surface area contributed by atoms with Crippen LogP contribution in [0.4, 0.5) is 0 Å². The van der Waals surface area contributed by atoms with Gasteiger partial charge in [0.2, 0.25) is 0 Å². The first-order valence-corrected chi connectivity index (χ1v) is 5.06. The van der Waals surface area contributed by atoms with Crippen molar-refractivity contribution in [1.29, 1.82) is 5.26 Å². The lowest BCUT2D eigenvalue weighted by atomic mass is 10.1. The number of carbonyl (C=O) groups is 1. The second-order valence-corrected chi connectivity index (χ2v) is 3.64. The molecule has 0 atom stereocenters. The highest BCUT2D eigenvalue weighted by molar-refractivity contribution is 6.01. The molecule has 4 nitrogen and oxygen atoms in total. The Bertz CT molecular complexity index is 467. The topological polar surface area (TPSA) is 53.3 Å². The van der Waals surface area contributed by atoms with Gasteiger partial charge in [0, 0.05) is 14.1 Å². The van der Waals surface area contributed by atoms with E-state index in [1.807, 2.05) is 6.07 Å². The fourth-order valence-corrected chi connectivity index (χ4v) is 1.25. The van der Waals surface area contributed by atoms with Crippen LogP contribution in [0.25, 0.3) is 6.08 Å². The molecule has 1 aromatic carbocycles. The molecule has 0 spiro atoms. The van der Waals surface area contributed by atoms with Crippen LogP contribution in [0.3, 0.4) is 0 Å². The van der Waals surface area contributed by atoms with Crippen molar-refractivity contribution in [3.05, 3.63) is 35.4 Å². The van der Waals surface area contributed by atoms with Crippen molar-refractivity contribution in [3.63, 3.8) is 0 Å². The molecule has 0 aliphatic heterocycles. The molecule has 0 fully saturated rings. The van der Waals surface area contributed by atoms with Crippen LogP contribution in [0.2, 0.25) is 0 Å². The number of carbonyl (C=O) groups excluding carboxylic acids is 1. The van der Waals surface area contributed by atoms with E-state index in [9.17, 15) is 4.79 Å². The summed E-state index contributed by atoms with van der Waals surface area (Å²) < 4.78 is 5.03. The molecule has 0 saturated heterocycles. The van der Waals surface area contributed by atoms with Crippen molar-refractivity contribution in [3.8, 4) is 11.8 Å². The predicted molar refractivity (Wildman–Crippen MR) is 65.3 cm³/mol. The summed E-state index contributed by atoms with van der Waals surface area (Å²) in [5, 5.41) is 8.92. The van der Waals surface area contributed by atoms with Crippen molar-refractivity contribution >= 4 is 12.0 Å². The molecule has 0 aromatic heterocycles. The van der Waals surface area contributed by atoms with Crippen LogP contribution >= 0.6 is 0 Å². The minimum atomic E-state index is -0.302. The summed E-state index contributed by atoms with van der Waals surface area (Å²) >= 11 is 0. The number of hydrogen-bond acceptors (Lipinski definition) is 3. The normalized spacial score (nSPS) is 10.6. The van der Waals surface area contributed by atoms with Crippen molar-refractivity contribution < 1.29 is 9.53 Å². The van der Waals surface area contributed by atoms with Gasteiger partial charge < -0.3 is 9.64 Å². The third-order valence-corrected chi connectivity index (χ3v) is 2.18. The molecule has 88 valence electrons. The Morgan fingerprint density at radius 3 is 2.35 bits per heavy atom. The molecule has 0 N–H and O–H groups in total. The summed E-state index contributed by atoms with van der Waals surface area (Å²) in [4.78, 5) is 13.0. The maximum Gasteiger partial charge on any atom is 0.264 e. The summed E-state index contributed by atoms with van der Waals surface area (Å²) in [6, 6.07) is 9.04. The molecule has 1 amide bonds. The number of methoxy groups -OCH3 is 1. The summed E-state index contributed by atoms with van der Waals surface area (Å²) in [6.07, 6.45) is 1.56. The number of likely N-dealkylation sites (N-methyl/N-ethyl adjacent to an activating group) is 1. The van der Waals surface area contributed by atoms with Crippen LogP contribution < -0.4 is 4.74 Å². The van der Waals surface area contributed by atoms with Gasteiger partial charge in [-0.25, -0.2) is 0 Å². The highest BCUT2D eigenvalue weighted by Crippen LogP contribution is 2.14. The molecule has 1 rings (SSSR count). The largest absolute Gasteiger partial charge is 0.497 e. The van der Waals surface area contributed by atoms with E-state index in [0.29, 0.717) is 0 Å². The summed E-state index contributed by atoms with van der Waals surface area (Å²) in [5.74, 6) is 0.433. The molecule has 0 aliphatic carbocycles. The van der Waals surface area contributed by atoms with Gasteiger partial charge in [-0.15, -0.1) is 0 Å². The summed E-state index contributed by atoms with van der Waals surface area (Å²) in [5.41, 5.74) is 0.901. The van der Waals surface area contributed by atoms with Crippen LogP contribution in [0, 0.1) is 11.3 Å². The fourth-order valence-electron chi connectivity index (χ4n) is 1.25. The van der Waals surface area contributed by atoms with E-state index < -0.39 is 0 Å². The van der Waals surface area contributed by atoms with Crippen LogP contribution in [0.1, 0.15) is 5.56 Å². The maximum atomic E-state index is 11.6. The van der Waals surface area contributed by atoms with Gasteiger partial charge in [-0.3, -0.25) is 4.79 Å². The van der Waals surface area contributed by atoms with Gasteiger partial charge in [-0.1, -0.05) is 12.1 Å². The smallest absolute Gasteiger partial charge is 0.264 e. The van der Waals surface area contributed by atoms with Gasteiger partial charge in [0.25, 0.3) is 5.91 Å². The van der Waals surface area contributed by atoms with Crippen molar-refractivity contribution in [2.75, 3.05) is 21.2 Å². The number of nitriles is 1. The molecular formula is C13H14N2O2. The number of amides is 1. The van der Waals surface area contributed by atoms with Gasteiger partial charge in [-0.05, 0) is 23.8 Å². The van der Waals surface area contributed by atoms with Gasteiger partial charge in [0.1, 0.15) is 17.4 Å². The van der Waals surface area contributed by atoms with Crippen LogP contribution in [-0.4, -0.2) is 32.0 Å². The minimum Gasteiger partial charge on any atom is -0.497 e. The molecule has 0 saturated carbocycles. The van der Waals surface area contributed by atoms with E-state index in [-0.39, 0.29) is 11.5 Å². The maximum absolute atomic E-state index is 11.6. The zero-order valence-corrected chi connectivity index (χ0v) is 10.1. The molecule has 17 heavy (non-hydrogen) atoms. The van der Waals surface area contributed by atoms with Crippen molar-refractivity contribution in [1.82, 2.24) is 4.90 Å². The van der Waals surface area contributed by atoms with E-state index >= 15 is 0 Å². The van der Waals surface area contributed by atoms with Crippen LogP contribution in [0.5, 0.6) is 5.75 Å². The third-order valence-electron chi connectivity index (χ3n) is 2.18. The number of nitrogens with zero attached hydrogens (tertiary/aromatic N) is 2. The monoisotopic (exact) mass is 230 g/mol. The quantitative estimate of drug-likeness (QED) is 0.586. The zero-order valence-electron chi connectivity index (χ0n) is 10.1. The second-order valence-electron chi connectivity index (χ2n) is 3.64. The first kappa shape index (κ1) is 12.8. The van der Waals surface area contributed by atoms with E-state index in [1.54, 1.807) is 51.5 Å². The van der Waals surface area contributed by atoms with Crippen molar-refractivity contribution in [2.24, 2.45) is 0 Å². The number of hydrogen-bond donors (Lipinski definition) is 0. The standard InChI is InChI=1S/C13H14N2O2/c1-15(2)13(16)11(9-14)8-10-4-6-12(17-3)7-5-10/h4-8H,1-3H3/b11-8+. The Hall–Kier alpha value is -2.28. The fraction of sp³-hybridized carbons (Fsp3) is 0.231. The number of benzene rings is 1. The zero-order chi connectivity index (χ0) is 12.8. The first-order valence-electron chi connectivity index (χ1n) is 5.06. The number of rotatable bonds is 3. The number of ether oxygens (including phenoxy) is 1. The van der Waals surface area contributed by atoms with Gasteiger partial charge >= 0.3 is 0 Å². The molecule has 0 aliphatic rings. The minimum absolute atomic E-state index is 0.111. The highest BCUT2D eigenvalue weighted by Gasteiger charge is 2.10. The van der Waals surface area contributed by atoms with Crippen LogP contribution in [0.15, 0.2) is 29.8 Å². The molecule has 1 aromatic rings. The van der Waals surface area contributed by atoms with E-state index in [4.69, 9.17) is 10.00 Å². The van der Waals surface area contributed by atoms with Crippen LogP contribution in [-0.2, 0) is 4.79 Å². The Labute approximate surface area is 101 Å². The Morgan fingerprint density at radius 2 is 1.94 bits per heavy atom. The summed E-state index contributed by atoms with van der Waals surface area (Å²) in [7, 11) is 4.81. The van der Waals surface area contributed by atoms with Crippen molar-refractivity contribution in [2.45, 2.75) is 0 Å². The van der Waals surface area contributed by atoms with E-state index in [0.717, 1.165) is 11.3 Å². The highest BCUT2D eigenvalue weighted by atomic mass is 16.5.